The van der Waals surface area contributed by atoms with Crippen LogP contribution in [0.2, 0.25) is 0 Å². The summed E-state index contributed by atoms with van der Waals surface area (Å²) in [5.41, 5.74) is -0.0301. The van der Waals surface area contributed by atoms with Crippen molar-refractivity contribution in [2.75, 3.05) is 0 Å². The number of nitrogens with one attached hydrogen (secondary N) is 1. The number of hydrogen-bond acceptors (Lipinski definition) is 4. The van der Waals surface area contributed by atoms with Gasteiger partial charge in [0.2, 0.25) is 0 Å². The number of hydrogen-bond donors (Lipinski definition) is 3. The highest BCUT2D eigenvalue weighted by molar-refractivity contribution is 7.79. The molecule has 0 saturated carbocycles. The second-order valence-corrected chi connectivity index (χ2v) is 6.13. The van der Waals surface area contributed by atoms with Crippen LogP contribution in [0.4, 0.5) is 0 Å². The molecular formula is C9H19NO5S. The minimum Gasteiger partial charge on any atom is -0.306 e. The third kappa shape index (κ3) is 8.78. The maximum atomic E-state index is 11.3. The van der Waals surface area contributed by atoms with Crippen molar-refractivity contribution in [3.63, 3.8) is 0 Å². The van der Waals surface area contributed by atoms with Crippen LogP contribution in [0.3, 0.4) is 0 Å². The molecule has 0 atom stereocenters. The van der Waals surface area contributed by atoms with Crippen molar-refractivity contribution in [1.82, 2.24) is 5.32 Å². The predicted octanol–water partition coefficient (Wildman–Crippen LogP) is 0.843. The minimum absolute atomic E-state index is 0.0150. The van der Waals surface area contributed by atoms with Crippen molar-refractivity contribution in [2.45, 2.75) is 51.6 Å². The molecule has 1 rings (SSSR count). The molecule has 0 bridgehead atoms. The molecule has 0 amide bonds. The van der Waals surface area contributed by atoms with Gasteiger partial charge in [0.1, 0.15) is 5.78 Å². The Balaban J connectivity index is 0.000000385. The lowest BCUT2D eigenvalue weighted by atomic mass is 9.82. The second kappa shape index (κ2) is 4.79. The van der Waals surface area contributed by atoms with Crippen LogP contribution in [-0.2, 0) is 15.2 Å². The fourth-order valence-corrected chi connectivity index (χ4v) is 2.05. The first kappa shape index (κ1) is 15.5. The van der Waals surface area contributed by atoms with E-state index in [4.69, 9.17) is 17.5 Å². The molecule has 16 heavy (non-hydrogen) atoms. The molecule has 96 valence electrons. The Morgan fingerprint density at radius 2 is 1.31 bits per heavy atom. The molecule has 0 aromatic carbocycles. The van der Waals surface area contributed by atoms with Crippen LogP contribution in [0.25, 0.3) is 0 Å². The molecule has 0 spiro atoms. The van der Waals surface area contributed by atoms with Crippen LogP contribution in [-0.4, -0.2) is 34.4 Å². The quantitative estimate of drug-likeness (QED) is 0.553. The molecule has 1 saturated heterocycles. The summed E-state index contributed by atoms with van der Waals surface area (Å²) in [5.74, 6) is 0.374. The molecule has 1 heterocycles. The van der Waals surface area contributed by atoms with E-state index >= 15 is 0 Å². The minimum atomic E-state index is -4.67. The smallest absolute Gasteiger partial charge is 0.306 e. The summed E-state index contributed by atoms with van der Waals surface area (Å²) in [4.78, 5) is 11.3. The van der Waals surface area contributed by atoms with E-state index in [0.29, 0.717) is 18.6 Å². The average Bonchev–Trinajstić information content (AvgIpc) is 1.69. The van der Waals surface area contributed by atoms with Crippen LogP contribution in [0, 0.1) is 0 Å². The first-order valence-electron chi connectivity index (χ1n) is 4.82. The van der Waals surface area contributed by atoms with E-state index in [9.17, 15) is 4.79 Å². The van der Waals surface area contributed by atoms with Crippen molar-refractivity contribution in [1.29, 1.82) is 0 Å². The Bertz CT molecular complexity index is 332. The van der Waals surface area contributed by atoms with Gasteiger partial charge in [-0.3, -0.25) is 13.9 Å². The highest BCUT2D eigenvalue weighted by Gasteiger charge is 2.36. The highest BCUT2D eigenvalue weighted by Crippen LogP contribution is 2.25. The number of piperidine rings is 1. The van der Waals surface area contributed by atoms with Gasteiger partial charge in [0, 0.05) is 23.9 Å². The summed E-state index contributed by atoms with van der Waals surface area (Å²) in [6, 6.07) is 0. The number of rotatable bonds is 0. The van der Waals surface area contributed by atoms with Gasteiger partial charge in [0.05, 0.1) is 0 Å². The molecule has 0 unspecified atom stereocenters. The van der Waals surface area contributed by atoms with E-state index in [1.165, 1.54) is 0 Å². The molecular weight excluding hydrogens is 234 g/mol. The summed E-state index contributed by atoms with van der Waals surface area (Å²) in [6.45, 7) is 8.30. The summed E-state index contributed by atoms with van der Waals surface area (Å²) in [6.07, 6.45) is 1.33. The van der Waals surface area contributed by atoms with Crippen LogP contribution in [0.5, 0.6) is 0 Å². The molecule has 3 N–H and O–H groups in total. The molecule has 1 fully saturated rings. The summed E-state index contributed by atoms with van der Waals surface area (Å²) < 4.78 is 31.6. The van der Waals surface area contributed by atoms with Crippen LogP contribution in [0.1, 0.15) is 40.5 Å². The Kier molecular flexibility index (Phi) is 4.64. The van der Waals surface area contributed by atoms with Crippen LogP contribution >= 0.6 is 0 Å². The standard InChI is InChI=1S/C9H17NO.H2O4S/c1-8(2)5-7(11)6-9(3,4)10-8;1-5(2,3)4/h10H,5-6H2,1-4H3;(H2,1,2,3,4). The maximum Gasteiger partial charge on any atom is 0.394 e. The monoisotopic (exact) mass is 253 g/mol. The first-order valence-corrected chi connectivity index (χ1v) is 6.21. The second-order valence-electron chi connectivity index (χ2n) is 5.23. The van der Waals surface area contributed by atoms with Gasteiger partial charge >= 0.3 is 10.4 Å². The average molecular weight is 253 g/mol. The molecule has 0 aliphatic carbocycles. The SMILES string of the molecule is CC1(C)CC(=O)CC(C)(C)N1.O=S(=O)(O)O. The Labute approximate surface area is 96.0 Å². The van der Waals surface area contributed by atoms with E-state index in [1.807, 2.05) is 0 Å². The number of Topliss-reactive ketones (excluding diaryl/α,β-unsaturated/α-hetero) is 1. The van der Waals surface area contributed by atoms with Gasteiger partial charge in [-0.15, -0.1) is 0 Å². The maximum absolute atomic E-state index is 11.3. The highest BCUT2D eigenvalue weighted by atomic mass is 32.3. The third-order valence-corrected chi connectivity index (χ3v) is 1.95. The van der Waals surface area contributed by atoms with E-state index in [2.05, 4.69) is 33.0 Å². The normalized spacial score (nSPS) is 23.2. The summed E-state index contributed by atoms with van der Waals surface area (Å²) >= 11 is 0. The van der Waals surface area contributed by atoms with E-state index < -0.39 is 10.4 Å². The van der Waals surface area contributed by atoms with Crippen LogP contribution in [0.15, 0.2) is 0 Å². The molecule has 6 nitrogen and oxygen atoms in total. The molecule has 0 aromatic rings. The zero-order valence-electron chi connectivity index (χ0n) is 9.94. The fourth-order valence-electron chi connectivity index (χ4n) is 2.05. The van der Waals surface area contributed by atoms with Crippen molar-refractivity contribution < 1.29 is 22.3 Å². The number of carbonyl (C=O) groups is 1. The molecule has 0 aromatic heterocycles. The van der Waals surface area contributed by atoms with Crippen molar-refractivity contribution >= 4 is 16.2 Å². The largest absolute Gasteiger partial charge is 0.394 e. The van der Waals surface area contributed by atoms with Gasteiger partial charge in [-0.05, 0) is 27.7 Å². The van der Waals surface area contributed by atoms with E-state index in [1.54, 1.807) is 0 Å². The Morgan fingerprint density at radius 1 is 1.06 bits per heavy atom. The zero-order valence-corrected chi connectivity index (χ0v) is 10.8. The number of ketones is 1. The topological polar surface area (TPSA) is 104 Å². The molecule has 1 aliphatic rings. The molecule has 7 heteroatoms. The van der Waals surface area contributed by atoms with Gasteiger partial charge in [0.25, 0.3) is 0 Å². The van der Waals surface area contributed by atoms with Gasteiger partial charge < -0.3 is 5.32 Å². The van der Waals surface area contributed by atoms with Crippen molar-refractivity contribution in [3.8, 4) is 0 Å². The first-order chi connectivity index (χ1) is 6.81. The number of carbonyl (C=O) groups excluding carboxylic acids is 1. The van der Waals surface area contributed by atoms with Gasteiger partial charge in [-0.25, -0.2) is 0 Å². The Hall–Kier alpha value is -0.500. The lowest BCUT2D eigenvalue weighted by molar-refractivity contribution is -0.124. The van der Waals surface area contributed by atoms with Gasteiger partial charge in [-0.1, -0.05) is 0 Å². The molecule has 1 aliphatic heterocycles. The molecule has 0 radical (unpaired) electrons. The van der Waals surface area contributed by atoms with Gasteiger partial charge in [0.15, 0.2) is 0 Å². The Morgan fingerprint density at radius 3 is 1.50 bits per heavy atom. The summed E-state index contributed by atoms with van der Waals surface area (Å²) in [5, 5.41) is 3.44. The third-order valence-electron chi connectivity index (χ3n) is 1.95. The predicted molar refractivity (Wildman–Crippen MR) is 59.7 cm³/mol. The lowest BCUT2D eigenvalue weighted by Gasteiger charge is -2.41. The van der Waals surface area contributed by atoms with Crippen molar-refractivity contribution in [2.24, 2.45) is 0 Å². The van der Waals surface area contributed by atoms with Crippen LogP contribution < -0.4 is 5.32 Å². The van der Waals surface area contributed by atoms with E-state index in [0.717, 1.165) is 0 Å². The summed E-state index contributed by atoms with van der Waals surface area (Å²) in [7, 11) is -4.67. The van der Waals surface area contributed by atoms with E-state index in [-0.39, 0.29) is 11.1 Å². The van der Waals surface area contributed by atoms with Crippen molar-refractivity contribution in [3.05, 3.63) is 0 Å². The van der Waals surface area contributed by atoms with Gasteiger partial charge in [-0.2, -0.15) is 8.42 Å². The fraction of sp³-hybridized carbons (Fsp3) is 0.889. The zero-order chi connectivity index (χ0) is 13.2. The lowest BCUT2D eigenvalue weighted by Crippen LogP contribution is -2.58.